The fourth-order valence-electron chi connectivity index (χ4n) is 2.26. The highest BCUT2D eigenvalue weighted by Gasteiger charge is 2.35. The summed E-state index contributed by atoms with van der Waals surface area (Å²) >= 11 is 3.36. The number of nitrogens with zero attached hydrogens (tertiary/aromatic N) is 3. The van der Waals surface area contributed by atoms with Gasteiger partial charge in [0.05, 0.1) is 5.69 Å². The summed E-state index contributed by atoms with van der Waals surface area (Å²) in [5.41, 5.74) is -0.728. The van der Waals surface area contributed by atoms with Crippen molar-refractivity contribution in [1.82, 2.24) is 4.98 Å². The van der Waals surface area contributed by atoms with Crippen molar-refractivity contribution in [3.05, 3.63) is 16.7 Å². The van der Waals surface area contributed by atoms with Crippen molar-refractivity contribution >= 4 is 39.6 Å². The molecule has 2 rings (SSSR count). The zero-order valence-corrected chi connectivity index (χ0v) is 17.0. The highest BCUT2D eigenvalue weighted by Crippen LogP contribution is 2.35. The average molecular weight is 414 g/mol. The van der Waals surface area contributed by atoms with Gasteiger partial charge in [0.15, 0.2) is 5.82 Å². The molecule has 0 aromatic carbocycles. The standard InChI is InChI=1S/C17H24BrN3O4/c1-16(2,3)24-14(22)20-7-8-21(15(23)25-17(4,5)6)13-12(20)9-11(18)10-19-13/h9-10H,7-8H2,1-6H3. The van der Waals surface area contributed by atoms with E-state index in [1.807, 2.05) is 20.8 Å². The molecule has 0 bridgehead atoms. The number of aromatic nitrogens is 1. The van der Waals surface area contributed by atoms with Crippen LogP contribution in [0.3, 0.4) is 0 Å². The predicted molar refractivity (Wildman–Crippen MR) is 99.1 cm³/mol. The molecule has 0 atom stereocenters. The maximum absolute atomic E-state index is 12.5. The minimum Gasteiger partial charge on any atom is -0.443 e. The number of carbonyl (C=O) groups excluding carboxylic acids is 2. The van der Waals surface area contributed by atoms with Crippen LogP contribution < -0.4 is 9.80 Å². The van der Waals surface area contributed by atoms with Crippen LogP contribution in [0.5, 0.6) is 0 Å². The third-order valence-corrected chi connectivity index (χ3v) is 3.57. The highest BCUT2D eigenvalue weighted by molar-refractivity contribution is 9.10. The lowest BCUT2D eigenvalue weighted by atomic mass is 10.2. The molecule has 1 aliphatic heterocycles. The monoisotopic (exact) mass is 413 g/mol. The van der Waals surface area contributed by atoms with Gasteiger partial charge in [-0.25, -0.2) is 14.6 Å². The molecule has 25 heavy (non-hydrogen) atoms. The summed E-state index contributed by atoms with van der Waals surface area (Å²) in [6, 6.07) is 1.74. The summed E-state index contributed by atoms with van der Waals surface area (Å²) in [5, 5.41) is 0. The van der Waals surface area contributed by atoms with Crippen molar-refractivity contribution in [2.75, 3.05) is 22.9 Å². The Kier molecular flexibility index (Phi) is 5.32. The molecule has 7 nitrogen and oxygen atoms in total. The van der Waals surface area contributed by atoms with Crippen molar-refractivity contribution in [1.29, 1.82) is 0 Å². The van der Waals surface area contributed by atoms with Gasteiger partial charge < -0.3 is 9.47 Å². The van der Waals surface area contributed by atoms with Crippen LogP contribution in [0.1, 0.15) is 41.5 Å². The Labute approximate surface area is 156 Å². The summed E-state index contributed by atoms with van der Waals surface area (Å²) in [6.07, 6.45) is 0.610. The van der Waals surface area contributed by atoms with Gasteiger partial charge in [-0.15, -0.1) is 0 Å². The third kappa shape index (κ3) is 5.07. The lowest BCUT2D eigenvalue weighted by Gasteiger charge is -2.36. The predicted octanol–water partition coefficient (Wildman–Crippen LogP) is 4.34. The summed E-state index contributed by atoms with van der Waals surface area (Å²) in [7, 11) is 0. The minimum atomic E-state index is -0.616. The van der Waals surface area contributed by atoms with E-state index in [-0.39, 0.29) is 6.54 Å². The SMILES string of the molecule is CC(C)(C)OC(=O)N1CCN(C(=O)OC(C)(C)C)c2ncc(Br)cc21. The second-order valence-corrected chi connectivity index (χ2v) is 8.68. The summed E-state index contributed by atoms with van der Waals surface area (Å²) in [4.78, 5) is 32.2. The normalized spacial score (nSPS) is 14.8. The zero-order chi connectivity index (χ0) is 19.0. The van der Waals surface area contributed by atoms with Crippen molar-refractivity contribution in [2.24, 2.45) is 0 Å². The van der Waals surface area contributed by atoms with Crippen LogP contribution in [0.4, 0.5) is 21.1 Å². The summed E-state index contributed by atoms with van der Waals surface area (Å²) in [6.45, 7) is 11.4. The molecule has 0 unspecified atom stereocenters. The first kappa shape index (κ1) is 19.5. The molecule has 1 aromatic rings. The van der Waals surface area contributed by atoms with Gasteiger partial charge in [-0.3, -0.25) is 9.80 Å². The summed E-state index contributed by atoms with van der Waals surface area (Å²) in [5.74, 6) is 0.370. The number of pyridine rings is 1. The van der Waals surface area contributed by atoms with E-state index < -0.39 is 23.4 Å². The fraction of sp³-hybridized carbons (Fsp3) is 0.588. The van der Waals surface area contributed by atoms with E-state index in [9.17, 15) is 9.59 Å². The quantitative estimate of drug-likeness (QED) is 0.632. The van der Waals surface area contributed by atoms with Crippen LogP contribution in [0.25, 0.3) is 0 Å². The topological polar surface area (TPSA) is 72.0 Å². The van der Waals surface area contributed by atoms with Gasteiger partial charge in [0, 0.05) is 23.8 Å². The van der Waals surface area contributed by atoms with E-state index in [4.69, 9.17) is 9.47 Å². The van der Waals surface area contributed by atoms with E-state index in [0.29, 0.717) is 22.5 Å². The molecule has 0 N–H and O–H groups in total. The van der Waals surface area contributed by atoms with Crippen LogP contribution in [-0.2, 0) is 9.47 Å². The fourth-order valence-corrected chi connectivity index (χ4v) is 2.57. The maximum atomic E-state index is 12.5. The number of ether oxygens (including phenoxy) is 2. The number of carbonyl (C=O) groups is 2. The van der Waals surface area contributed by atoms with Crippen molar-refractivity contribution < 1.29 is 19.1 Å². The van der Waals surface area contributed by atoms with Gasteiger partial charge in [-0.2, -0.15) is 0 Å². The van der Waals surface area contributed by atoms with Crippen molar-refractivity contribution in [3.8, 4) is 0 Å². The Morgan fingerprint density at radius 2 is 1.48 bits per heavy atom. The third-order valence-electron chi connectivity index (χ3n) is 3.14. The molecule has 0 saturated carbocycles. The van der Waals surface area contributed by atoms with E-state index in [2.05, 4.69) is 20.9 Å². The first-order chi connectivity index (χ1) is 11.4. The van der Waals surface area contributed by atoms with Crippen LogP contribution in [0.15, 0.2) is 16.7 Å². The van der Waals surface area contributed by atoms with Gasteiger partial charge in [0.2, 0.25) is 0 Å². The highest BCUT2D eigenvalue weighted by atomic mass is 79.9. The average Bonchev–Trinajstić information content (AvgIpc) is 2.41. The minimum absolute atomic E-state index is 0.274. The van der Waals surface area contributed by atoms with Gasteiger partial charge in [-0.05, 0) is 63.5 Å². The van der Waals surface area contributed by atoms with Crippen LogP contribution >= 0.6 is 15.9 Å². The molecule has 0 fully saturated rings. The number of anilines is 2. The van der Waals surface area contributed by atoms with Gasteiger partial charge in [0.1, 0.15) is 11.2 Å². The van der Waals surface area contributed by atoms with Gasteiger partial charge in [0.25, 0.3) is 0 Å². The van der Waals surface area contributed by atoms with E-state index in [0.717, 1.165) is 0 Å². The van der Waals surface area contributed by atoms with E-state index >= 15 is 0 Å². The van der Waals surface area contributed by atoms with Crippen LogP contribution in [0, 0.1) is 0 Å². The maximum Gasteiger partial charge on any atom is 0.416 e. The number of hydrogen-bond donors (Lipinski definition) is 0. The first-order valence-electron chi connectivity index (χ1n) is 8.04. The van der Waals surface area contributed by atoms with Crippen LogP contribution in [-0.4, -0.2) is 41.5 Å². The second-order valence-electron chi connectivity index (χ2n) is 7.76. The molecule has 138 valence electrons. The molecule has 2 heterocycles. The van der Waals surface area contributed by atoms with Crippen molar-refractivity contribution in [3.63, 3.8) is 0 Å². The Morgan fingerprint density at radius 1 is 1.00 bits per heavy atom. The molecule has 0 radical (unpaired) electrons. The number of halogens is 1. The number of fused-ring (bicyclic) bond motifs is 1. The summed E-state index contributed by atoms with van der Waals surface area (Å²) < 4.78 is 11.6. The molecule has 0 aliphatic carbocycles. The second kappa shape index (κ2) is 6.82. The number of rotatable bonds is 0. The Bertz CT molecular complexity index is 679. The molecule has 8 heteroatoms. The Balaban J connectivity index is 2.35. The molecule has 2 amide bonds. The molecule has 1 aliphatic rings. The van der Waals surface area contributed by atoms with E-state index in [1.54, 1.807) is 33.0 Å². The number of amides is 2. The largest absolute Gasteiger partial charge is 0.443 e. The van der Waals surface area contributed by atoms with Gasteiger partial charge >= 0.3 is 12.2 Å². The first-order valence-corrected chi connectivity index (χ1v) is 8.83. The zero-order valence-electron chi connectivity index (χ0n) is 15.4. The Morgan fingerprint density at radius 3 is 2.00 bits per heavy atom. The smallest absolute Gasteiger partial charge is 0.416 e. The molecule has 0 spiro atoms. The molecule has 0 saturated heterocycles. The van der Waals surface area contributed by atoms with Crippen LogP contribution in [0.2, 0.25) is 0 Å². The number of hydrogen-bond acceptors (Lipinski definition) is 5. The molecular formula is C17H24BrN3O4. The van der Waals surface area contributed by atoms with Gasteiger partial charge in [-0.1, -0.05) is 0 Å². The van der Waals surface area contributed by atoms with E-state index in [1.165, 1.54) is 9.80 Å². The lowest BCUT2D eigenvalue weighted by molar-refractivity contribution is 0.0543. The molecular weight excluding hydrogens is 390 g/mol. The molecule has 1 aromatic heterocycles. The lowest BCUT2D eigenvalue weighted by Crippen LogP contribution is -2.49. The van der Waals surface area contributed by atoms with Crippen molar-refractivity contribution in [2.45, 2.75) is 52.7 Å². The Hall–Kier alpha value is -1.83.